The molecule has 4 nitrogen and oxygen atoms in total. The lowest BCUT2D eigenvalue weighted by Gasteiger charge is -2.01. The number of benzene rings is 1. The zero-order chi connectivity index (χ0) is 12.5. The van der Waals surface area contributed by atoms with Crippen LogP contribution in [-0.4, -0.2) is 14.5 Å². The molecule has 0 unspecified atom stereocenters. The monoisotopic (exact) mass is 258 g/mol. The molecule has 0 aliphatic rings. The van der Waals surface area contributed by atoms with Gasteiger partial charge in [0.15, 0.2) is 0 Å². The summed E-state index contributed by atoms with van der Waals surface area (Å²) in [5.41, 5.74) is 8.52. The Morgan fingerprint density at radius 2 is 2.22 bits per heavy atom. The number of aromatic nitrogens is 3. The second kappa shape index (κ2) is 4.42. The number of aryl methyl sites for hydroxylation is 1. The van der Waals surface area contributed by atoms with E-state index in [-0.39, 0.29) is 0 Å². The molecule has 0 fully saturated rings. The Morgan fingerprint density at radius 1 is 1.33 bits per heavy atom. The van der Waals surface area contributed by atoms with Gasteiger partial charge in [0.25, 0.3) is 0 Å². The summed E-state index contributed by atoms with van der Waals surface area (Å²) in [6.45, 7) is 2.91. The van der Waals surface area contributed by atoms with Crippen molar-refractivity contribution >= 4 is 28.1 Å². The first-order valence-corrected chi connectivity index (χ1v) is 6.72. The number of imidazole rings is 1. The van der Waals surface area contributed by atoms with Gasteiger partial charge >= 0.3 is 0 Å². The maximum absolute atomic E-state index is 5.75. The third-order valence-electron chi connectivity index (χ3n) is 2.90. The summed E-state index contributed by atoms with van der Waals surface area (Å²) in [5.74, 6) is 0. The summed E-state index contributed by atoms with van der Waals surface area (Å²) < 4.78 is 2.10. The molecule has 2 N–H and O–H groups in total. The van der Waals surface area contributed by atoms with Gasteiger partial charge < -0.3 is 10.3 Å². The Labute approximate surface area is 109 Å². The molecular weight excluding hydrogens is 244 g/mol. The van der Waals surface area contributed by atoms with E-state index in [0.717, 1.165) is 34.7 Å². The summed E-state index contributed by atoms with van der Waals surface area (Å²) >= 11 is 1.76. The van der Waals surface area contributed by atoms with Gasteiger partial charge in [-0.3, -0.25) is 0 Å². The summed E-state index contributed by atoms with van der Waals surface area (Å²) in [4.78, 5) is 10.1. The minimum Gasteiger partial charge on any atom is -0.399 e. The van der Waals surface area contributed by atoms with E-state index in [1.54, 1.807) is 11.3 Å². The molecule has 3 aromatic rings. The van der Waals surface area contributed by atoms with E-state index >= 15 is 0 Å². The largest absolute Gasteiger partial charge is 0.399 e. The number of anilines is 1. The fourth-order valence-electron chi connectivity index (χ4n) is 1.94. The summed E-state index contributed by atoms with van der Waals surface area (Å²) in [6.07, 6.45) is 4.84. The second-order valence-corrected chi connectivity index (χ2v) is 5.39. The molecule has 0 bridgehead atoms. The van der Waals surface area contributed by atoms with Crippen LogP contribution in [0.1, 0.15) is 16.8 Å². The lowest BCUT2D eigenvalue weighted by Crippen LogP contribution is -1.97. The molecule has 0 aliphatic carbocycles. The number of rotatable bonds is 3. The smallest absolute Gasteiger partial charge is 0.113 e. The number of thiazole rings is 1. The van der Waals surface area contributed by atoms with Crippen molar-refractivity contribution in [1.82, 2.24) is 14.5 Å². The van der Waals surface area contributed by atoms with Crippen LogP contribution in [0.2, 0.25) is 0 Å². The molecule has 0 spiro atoms. The van der Waals surface area contributed by atoms with Crippen LogP contribution < -0.4 is 5.73 Å². The van der Waals surface area contributed by atoms with Gasteiger partial charge in [-0.1, -0.05) is 6.92 Å². The Hall–Kier alpha value is -1.88. The SMILES string of the molecule is CCc1cnc(Cn2cnc3cc(N)ccc32)s1. The number of nitrogens with two attached hydrogens (primary N) is 1. The van der Waals surface area contributed by atoms with Crippen LogP contribution in [0.3, 0.4) is 0 Å². The summed E-state index contributed by atoms with van der Waals surface area (Å²) in [6, 6.07) is 5.80. The standard InChI is InChI=1S/C13H14N4S/c1-2-10-6-15-13(18-10)7-17-8-16-11-5-9(14)3-4-12(11)17/h3-6,8H,2,7,14H2,1H3. The van der Waals surface area contributed by atoms with Gasteiger partial charge in [-0.15, -0.1) is 11.3 Å². The van der Waals surface area contributed by atoms with Crippen molar-refractivity contribution in [3.8, 4) is 0 Å². The Bertz CT molecular complexity index is 683. The van der Waals surface area contributed by atoms with E-state index in [1.165, 1.54) is 4.88 Å². The fraction of sp³-hybridized carbons (Fsp3) is 0.231. The molecule has 18 heavy (non-hydrogen) atoms. The van der Waals surface area contributed by atoms with E-state index in [0.29, 0.717) is 0 Å². The zero-order valence-electron chi connectivity index (χ0n) is 10.1. The van der Waals surface area contributed by atoms with E-state index in [9.17, 15) is 0 Å². The van der Waals surface area contributed by atoms with Crippen LogP contribution in [0.5, 0.6) is 0 Å². The van der Waals surface area contributed by atoms with Crippen molar-refractivity contribution in [3.05, 3.63) is 40.6 Å². The number of nitrogens with zero attached hydrogens (tertiary/aromatic N) is 3. The van der Waals surface area contributed by atoms with Gasteiger partial charge in [0.2, 0.25) is 0 Å². The van der Waals surface area contributed by atoms with Gasteiger partial charge in [-0.25, -0.2) is 9.97 Å². The number of nitrogen functional groups attached to an aromatic ring is 1. The van der Waals surface area contributed by atoms with E-state index < -0.39 is 0 Å². The molecule has 0 saturated heterocycles. The van der Waals surface area contributed by atoms with Crippen LogP contribution in [0.15, 0.2) is 30.7 Å². The van der Waals surface area contributed by atoms with Crippen molar-refractivity contribution in [1.29, 1.82) is 0 Å². The third kappa shape index (κ3) is 1.97. The molecular formula is C13H14N4S. The van der Waals surface area contributed by atoms with Crippen LogP contribution >= 0.6 is 11.3 Å². The summed E-state index contributed by atoms with van der Waals surface area (Å²) in [7, 11) is 0. The maximum Gasteiger partial charge on any atom is 0.113 e. The minimum absolute atomic E-state index is 0.746. The van der Waals surface area contributed by atoms with Crippen molar-refractivity contribution < 1.29 is 0 Å². The van der Waals surface area contributed by atoms with Crippen molar-refractivity contribution in [3.63, 3.8) is 0 Å². The Morgan fingerprint density at radius 3 is 3.00 bits per heavy atom. The van der Waals surface area contributed by atoms with Crippen molar-refractivity contribution in [2.45, 2.75) is 19.9 Å². The molecule has 0 amide bonds. The molecule has 2 heterocycles. The first-order chi connectivity index (χ1) is 8.76. The molecule has 92 valence electrons. The maximum atomic E-state index is 5.75. The lowest BCUT2D eigenvalue weighted by atomic mass is 10.3. The van der Waals surface area contributed by atoms with Gasteiger partial charge in [-0.05, 0) is 24.6 Å². The topological polar surface area (TPSA) is 56.7 Å². The molecule has 3 rings (SSSR count). The highest BCUT2D eigenvalue weighted by molar-refractivity contribution is 7.11. The highest BCUT2D eigenvalue weighted by Crippen LogP contribution is 2.19. The number of hydrogen-bond acceptors (Lipinski definition) is 4. The first kappa shape index (κ1) is 11.2. The Balaban J connectivity index is 1.95. The lowest BCUT2D eigenvalue weighted by molar-refractivity contribution is 0.816. The van der Waals surface area contributed by atoms with E-state index in [4.69, 9.17) is 5.73 Å². The highest BCUT2D eigenvalue weighted by atomic mass is 32.1. The zero-order valence-corrected chi connectivity index (χ0v) is 10.9. The molecule has 0 saturated carbocycles. The quantitative estimate of drug-likeness (QED) is 0.735. The number of fused-ring (bicyclic) bond motifs is 1. The van der Waals surface area contributed by atoms with Gasteiger partial charge in [0.1, 0.15) is 5.01 Å². The van der Waals surface area contributed by atoms with Crippen molar-refractivity contribution in [2.75, 3.05) is 5.73 Å². The van der Waals surface area contributed by atoms with Crippen LogP contribution in [-0.2, 0) is 13.0 Å². The van der Waals surface area contributed by atoms with Crippen LogP contribution in [0.4, 0.5) is 5.69 Å². The molecule has 5 heteroatoms. The van der Waals surface area contributed by atoms with E-state index in [1.807, 2.05) is 30.7 Å². The first-order valence-electron chi connectivity index (χ1n) is 5.90. The molecule has 0 radical (unpaired) electrons. The predicted octanol–water partition coefficient (Wildman–Crippen LogP) is 2.69. The second-order valence-electron chi connectivity index (χ2n) is 4.19. The minimum atomic E-state index is 0.746. The molecule has 2 aromatic heterocycles. The molecule has 0 atom stereocenters. The molecule has 1 aromatic carbocycles. The van der Waals surface area contributed by atoms with Crippen LogP contribution in [0, 0.1) is 0 Å². The Kier molecular flexibility index (Phi) is 2.76. The third-order valence-corrected chi connectivity index (χ3v) is 4.03. The van der Waals surface area contributed by atoms with Gasteiger partial charge in [0, 0.05) is 16.8 Å². The summed E-state index contributed by atoms with van der Waals surface area (Å²) in [5, 5.41) is 1.11. The van der Waals surface area contributed by atoms with E-state index in [2.05, 4.69) is 21.5 Å². The van der Waals surface area contributed by atoms with Crippen molar-refractivity contribution in [2.24, 2.45) is 0 Å². The fourth-order valence-corrected chi connectivity index (χ4v) is 2.80. The average molecular weight is 258 g/mol. The normalized spacial score (nSPS) is 11.2. The molecule has 0 aliphatic heterocycles. The van der Waals surface area contributed by atoms with Gasteiger partial charge in [0.05, 0.1) is 23.9 Å². The predicted molar refractivity (Wildman–Crippen MR) is 74.7 cm³/mol. The van der Waals surface area contributed by atoms with Gasteiger partial charge in [-0.2, -0.15) is 0 Å². The average Bonchev–Trinajstić information content (AvgIpc) is 2.97. The van der Waals surface area contributed by atoms with Crippen LogP contribution in [0.25, 0.3) is 11.0 Å². The number of hydrogen-bond donors (Lipinski definition) is 1. The highest BCUT2D eigenvalue weighted by Gasteiger charge is 2.06.